The van der Waals surface area contributed by atoms with Crippen LogP contribution in [-0.4, -0.2) is 151 Å². The number of amides is 3. The second-order valence-electron chi connectivity index (χ2n) is 16.0. The average molecular weight is 867 g/mol. The standard InChI is InChI=1S/C28H36N6O4S.C12H15ClN4O2S/c1-32-19-21(7-8-23(32)35)29-25-24-22(9-18-39(24)37)30-27(31-25)34-12-10-28(11-13-34,20-5-3-2-4-6-20)26(36)33-14-16-38-17-15-33;1-17-6-7(2-3-9(17)18)14-11-10-8(4-5-20(10)19)15-12(13)16-11/h2-6,21H,7-19H2,1H3,(H,29,30,31);7H,2-6H2,1H3,(H,14,15,16)/t21-,39?;7-,20?/m00/s1. The third-order valence-electron chi connectivity index (χ3n) is 12.2. The summed E-state index contributed by atoms with van der Waals surface area (Å²) in [6, 6.07) is 10.3. The number of hydrogen-bond acceptors (Lipinski definition) is 13. The molecule has 4 fully saturated rings. The molecule has 2 unspecified atom stereocenters. The van der Waals surface area contributed by atoms with Gasteiger partial charge in [-0.2, -0.15) is 9.97 Å². The number of piperidine rings is 3. The number of benzene rings is 1. The number of aromatic nitrogens is 4. The van der Waals surface area contributed by atoms with Crippen molar-refractivity contribution in [3.8, 4) is 0 Å². The predicted octanol–water partition coefficient (Wildman–Crippen LogP) is 2.40. The Hall–Kier alpha value is -4.26. The van der Waals surface area contributed by atoms with E-state index in [9.17, 15) is 22.8 Å². The number of ether oxygens (including phenoxy) is 1. The molecule has 0 aliphatic carbocycles. The maximum absolute atomic E-state index is 14.0. The topological polar surface area (TPSA) is 183 Å². The molecule has 19 heteroatoms. The molecule has 9 rings (SSSR count). The van der Waals surface area contributed by atoms with Crippen molar-refractivity contribution < 1.29 is 27.5 Å². The van der Waals surface area contributed by atoms with Crippen molar-refractivity contribution in [1.82, 2.24) is 34.6 Å². The third-order valence-corrected chi connectivity index (χ3v) is 15.3. The van der Waals surface area contributed by atoms with Gasteiger partial charge in [0.15, 0.2) is 0 Å². The Morgan fingerprint density at radius 3 is 1.86 bits per heavy atom. The van der Waals surface area contributed by atoms with Crippen molar-refractivity contribution in [2.75, 3.05) is 93.6 Å². The van der Waals surface area contributed by atoms with Crippen LogP contribution < -0.4 is 15.5 Å². The minimum Gasteiger partial charge on any atom is -0.378 e. The summed E-state index contributed by atoms with van der Waals surface area (Å²) in [6.07, 6.45) is 5.12. The number of aryl methyl sites for hydroxylation is 2. The Morgan fingerprint density at radius 2 is 1.31 bits per heavy atom. The second kappa shape index (κ2) is 17.8. The van der Waals surface area contributed by atoms with Gasteiger partial charge in [-0.3, -0.25) is 22.8 Å². The summed E-state index contributed by atoms with van der Waals surface area (Å²) in [7, 11) is 1.40. The van der Waals surface area contributed by atoms with E-state index in [-0.39, 0.29) is 35.1 Å². The van der Waals surface area contributed by atoms with Crippen LogP contribution in [0.1, 0.15) is 55.5 Å². The molecule has 4 saturated heterocycles. The van der Waals surface area contributed by atoms with Crippen molar-refractivity contribution >= 4 is 68.5 Å². The van der Waals surface area contributed by atoms with Gasteiger partial charge in [-0.15, -0.1) is 0 Å². The molecule has 4 atom stereocenters. The van der Waals surface area contributed by atoms with Crippen LogP contribution in [0.2, 0.25) is 5.28 Å². The summed E-state index contributed by atoms with van der Waals surface area (Å²) < 4.78 is 30.4. The van der Waals surface area contributed by atoms with Gasteiger partial charge >= 0.3 is 0 Å². The molecule has 1 aromatic carbocycles. The van der Waals surface area contributed by atoms with Crippen LogP contribution in [0.4, 0.5) is 17.6 Å². The van der Waals surface area contributed by atoms with Crippen LogP contribution >= 0.6 is 11.6 Å². The van der Waals surface area contributed by atoms with E-state index < -0.39 is 27.0 Å². The average Bonchev–Trinajstić information content (AvgIpc) is 3.82. The second-order valence-corrected chi connectivity index (χ2v) is 19.4. The highest BCUT2D eigenvalue weighted by molar-refractivity contribution is 7.85. The first-order valence-electron chi connectivity index (χ1n) is 20.4. The van der Waals surface area contributed by atoms with Gasteiger partial charge in [-0.25, -0.2) is 9.97 Å². The maximum Gasteiger partial charge on any atom is 0.233 e. The highest BCUT2D eigenvalue weighted by Crippen LogP contribution is 2.40. The van der Waals surface area contributed by atoms with Crippen LogP contribution in [0.25, 0.3) is 0 Å². The normalized spacial score (nSPS) is 25.2. The lowest BCUT2D eigenvalue weighted by atomic mass is 9.71. The van der Waals surface area contributed by atoms with E-state index in [0.717, 1.165) is 29.8 Å². The molecule has 8 heterocycles. The number of carbonyl (C=O) groups excluding carboxylic acids is 3. The fraction of sp³-hybridized carbons (Fsp3) is 0.575. The lowest BCUT2D eigenvalue weighted by molar-refractivity contribution is -0.142. The first-order chi connectivity index (χ1) is 28.5. The number of carbonyl (C=O) groups is 3. The number of halogens is 1. The smallest absolute Gasteiger partial charge is 0.233 e. The molecule has 59 heavy (non-hydrogen) atoms. The number of rotatable bonds is 7. The molecule has 2 N–H and O–H groups in total. The van der Waals surface area contributed by atoms with E-state index in [1.54, 1.807) is 16.8 Å². The lowest BCUT2D eigenvalue weighted by Gasteiger charge is -2.44. The number of nitrogens with one attached hydrogen (secondary N) is 2. The van der Waals surface area contributed by atoms with E-state index in [1.165, 1.54) is 0 Å². The number of anilines is 3. The summed E-state index contributed by atoms with van der Waals surface area (Å²) >= 11 is 5.92. The van der Waals surface area contributed by atoms with E-state index in [4.69, 9.17) is 26.3 Å². The van der Waals surface area contributed by atoms with Gasteiger partial charge < -0.3 is 35.0 Å². The number of nitrogens with zero attached hydrogens (tertiary/aromatic N) is 8. The van der Waals surface area contributed by atoms with Gasteiger partial charge in [0.2, 0.25) is 29.0 Å². The largest absolute Gasteiger partial charge is 0.378 e. The molecule has 0 saturated carbocycles. The van der Waals surface area contributed by atoms with Crippen LogP contribution in [0, 0.1) is 0 Å². The fourth-order valence-corrected chi connectivity index (χ4v) is 11.7. The van der Waals surface area contributed by atoms with E-state index >= 15 is 0 Å². The van der Waals surface area contributed by atoms with E-state index in [2.05, 4.69) is 37.6 Å². The van der Waals surface area contributed by atoms with Gasteiger partial charge in [0.25, 0.3) is 0 Å². The quantitative estimate of drug-likeness (QED) is 0.331. The number of hydrogen-bond donors (Lipinski definition) is 2. The van der Waals surface area contributed by atoms with Gasteiger partial charge in [-0.1, -0.05) is 30.3 Å². The molecule has 0 spiro atoms. The Bertz CT molecular complexity index is 2140. The van der Waals surface area contributed by atoms with Gasteiger partial charge in [-0.05, 0) is 42.8 Å². The molecule has 0 radical (unpaired) electrons. The van der Waals surface area contributed by atoms with Crippen LogP contribution in [0.3, 0.4) is 0 Å². The minimum absolute atomic E-state index is 0.0513. The minimum atomic E-state index is -1.14. The Kier molecular flexibility index (Phi) is 12.5. The van der Waals surface area contributed by atoms with Crippen molar-refractivity contribution in [3.63, 3.8) is 0 Å². The molecular weight excluding hydrogens is 816 g/mol. The van der Waals surface area contributed by atoms with E-state index in [0.29, 0.717) is 130 Å². The monoisotopic (exact) mass is 866 g/mol. The molecule has 3 amide bonds. The first kappa shape index (κ1) is 41.5. The van der Waals surface area contributed by atoms with Crippen LogP contribution in [-0.2, 0) is 59.0 Å². The maximum atomic E-state index is 14.0. The zero-order valence-electron chi connectivity index (χ0n) is 33.5. The summed E-state index contributed by atoms with van der Waals surface area (Å²) in [5.74, 6) is 3.41. The molecule has 6 aliphatic rings. The van der Waals surface area contributed by atoms with Crippen molar-refractivity contribution in [3.05, 3.63) is 52.6 Å². The zero-order valence-corrected chi connectivity index (χ0v) is 35.9. The summed E-state index contributed by atoms with van der Waals surface area (Å²) in [4.78, 5) is 64.5. The van der Waals surface area contributed by atoms with Gasteiger partial charge in [0.05, 0.1) is 51.6 Å². The molecular formula is C40H51ClN10O6S2. The summed E-state index contributed by atoms with van der Waals surface area (Å²) in [5, 5.41) is 6.96. The summed E-state index contributed by atoms with van der Waals surface area (Å²) in [5.41, 5.74) is 2.08. The van der Waals surface area contributed by atoms with E-state index in [1.807, 2.05) is 30.1 Å². The molecule has 6 aliphatic heterocycles. The van der Waals surface area contributed by atoms with Gasteiger partial charge in [0, 0.05) is 103 Å². The molecule has 16 nitrogen and oxygen atoms in total. The number of morpholine rings is 1. The SMILES string of the molecule is CN1C[C@@H](Nc2nc(Cl)nc3c2S(=O)CC3)CCC1=O.CN1C[C@@H](Nc2nc(N3CCC(C(=O)N4CCOCC4)(c4ccccc4)CC3)nc3c2S(=O)CC3)CCC1=O. The van der Waals surface area contributed by atoms with Crippen molar-refractivity contribution in [2.45, 2.75) is 78.7 Å². The first-order valence-corrected chi connectivity index (χ1v) is 23.4. The summed E-state index contributed by atoms with van der Waals surface area (Å²) in [6.45, 7) is 4.90. The third kappa shape index (κ3) is 8.82. The highest BCUT2D eigenvalue weighted by atomic mass is 35.5. The van der Waals surface area contributed by atoms with Crippen LogP contribution in [0.5, 0.6) is 0 Å². The molecule has 2 aromatic heterocycles. The van der Waals surface area contributed by atoms with Gasteiger partial charge in [0.1, 0.15) is 21.4 Å². The molecule has 316 valence electrons. The Morgan fingerprint density at radius 1 is 0.763 bits per heavy atom. The highest BCUT2D eigenvalue weighted by Gasteiger charge is 2.46. The van der Waals surface area contributed by atoms with Crippen molar-refractivity contribution in [1.29, 1.82) is 0 Å². The zero-order chi connectivity index (χ0) is 41.3. The molecule has 3 aromatic rings. The Balaban J connectivity index is 0.000000203. The molecule has 0 bridgehead atoms. The van der Waals surface area contributed by atoms with Crippen LogP contribution in [0.15, 0.2) is 40.1 Å². The van der Waals surface area contributed by atoms with Crippen molar-refractivity contribution in [2.24, 2.45) is 0 Å². The lowest BCUT2D eigenvalue weighted by Crippen LogP contribution is -2.55. The number of fused-ring (bicyclic) bond motifs is 2. The predicted molar refractivity (Wildman–Crippen MR) is 225 cm³/mol. The number of likely N-dealkylation sites (N-methyl/N-ethyl adjacent to an activating group) is 2. The number of likely N-dealkylation sites (tertiary alicyclic amines) is 2. The fourth-order valence-electron chi connectivity index (χ4n) is 8.88. The Labute approximate surface area is 354 Å².